The third-order valence-corrected chi connectivity index (χ3v) is 3.99. The van der Waals surface area contributed by atoms with Gasteiger partial charge in [-0.25, -0.2) is 4.98 Å². The normalized spacial score (nSPS) is 17.9. The van der Waals surface area contributed by atoms with Gasteiger partial charge in [0.2, 0.25) is 0 Å². The second-order valence-corrected chi connectivity index (χ2v) is 5.43. The Bertz CT molecular complexity index is 624. The molecule has 1 aliphatic carbocycles. The molecule has 3 rings (SSSR count). The van der Waals surface area contributed by atoms with Crippen LogP contribution in [-0.4, -0.2) is 10.1 Å². The SMILES string of the molecule is CCCC1Cc2cc3nc(CC)n[n+]([O-])c3cc2C1. The largest absolute Gasteiger partial charge is 0.594 e. The van der Waals surface area contributed by atoms with Crippen LogP contribution in [0.2, 0.25) is 0 Å². The molecule has 100 valence electrons. The fourth-order valence-electron chi connectivity index (χ4n) is 3.06. The van der Waals surface area contributed by atoms with Crippen LogP contribution in [0.15, 0.2) is 12.1 Å². The van der Waals surface area contributed by atoms with Gasteiger partial charge in [0.25, 0.3) is 5.52 Å². The first-order chi connectivity index (χ1) is 9.21. The molecule has 0 saturated carbocycles. The van der Waals surface area contributed by atoms with Crippen molar-refractivity contribution in [3.63, 3.8) is 0 Å². The summed E-state index contributed by atoms with van der Waals surface area (Å²) in [5.74, 6) is 1.35. The molecule has 0 amide bonds. The molecular weight excluding hydrogens is 238 g/mol. The summed E-state index contributed by atoms with van der Waals surface area (Å²) in [6.45, 7) is 4.19. The van der Waals surface area contributed by atoms with Crippen molar-refractivity contribution in [2.24, 2.45) is 5.92 Å². The summed E-state index contributed by atoms with van der Waals surface area (Å²) in [4.78, 5) is 5.20. The summed E-state index contributed by atoms with van der Waals surface area (Å²) in [5.41, 5.74) is 4.07. The molecule has 0 radical (unpaired) electrons. The van der Waals surface area contributed by atoms with Crippen molar-refractivity contribution in [2.75, 3.05) is 0 Å². The van der Waals surface area contributed by atoms with Gasteiger partial charge in [-0.15, -0.1) is 0 Å². The van der Waals surface area contributed by atoms with E-state index in [4.69, 9.17) is 0 Å². The van der Waals surface area contributed by atoms with E-state index < -0.39 is 0 Å². The molecule has 0 fully saturated rings. The molecular formula is C15H19N3O. The Morgan fingerprint density at radius 1 is 1.26 bits per heavy atom. The summed E-state index contributed by atoms with van der Waals surface area (Å²) in [5, 5.41) is 15.9. The van der Waals surface area contributed by atoms with Gasteiger partial charge >= 0.3 is 0 Å². The zero-order valence-electron chi connectivity index (χ0n) is 11.5. The first kappa shape index (κ1) is 12.3. The number of rotatable bonds is 3. The van der Waals surface area contributed by atoms with Gasteiger partial charge in [0.1, 0.15) is 5.52 Å². The Balaban J connectivity index is 2.07. The van der Waals surface area contributed by atoms with Crippen LogP contribution in [0.4, 0.5) is 0 Å². The van der Waals surface area contributed by atoms with Gasteiger partial charge < -0.3 is 5.21 Å². The lowest BCUT2D eigenvalue weighted by atomic mass is 10.0. The fraction of sp³-hybridized carbons (Fsp3) is 0.533. The van der Waals surface area contributed by atoms with Gasteiger partial charge in [0.15, 0.2) is 5.82 Å². The predicted molar refractivity (Wildman–Crippen MR) is 73.7 cm³/mol. The third kappa shape index (κ3) is 2.15. The summed E-state index contributed by atoms with van der Waals surface area (Å²) >= 11 is 0. The number of nitrogens with zero attached hydrogens (tertiary/aromatic N) is 3. The van der Waals surface area contributed by atoms with Crippen LogP contribution < -0.4 is 4.85 Å². The van der Waals surface area contributed by atoms with Gasteiger partial charge in [-0.05, 0) is 40.8 Å². The van der Waals surface area contributed by atoms with Gasteiger partial charge in [-0.1, -0.05) is 26.7 Å². The third-order valence-electron chi connectivity index (χ3n) is 3.99. The number of aryl methyl sites for hydroxylation is 1. The molecule has 0 bridgehead atoms. The topological polar surface area (TPSA) is 52.7 Å². The van der Waals surface area contributed by atoms with Gasteiger partial charge in [-0.3, -0.25) is 0 Å². The van der Waals surface area contributed by atoms with Crippen molar-refractivity contribution >= 4 is 11.0 Å². The maximum absolute atomic E-state index is 11.9. The van der Waals surface area contributed by atoms with Crippen LogP contribution in [0, 0.1) is 11.1 Å². The Morgan fingerprint density at radius 3 is 2.68 bits per heavy atom. The lowest BCUT2D eigenvalue weighted by Gasteiger charge is -2.04. The minimum Gasteiger partial charge on any atom is -0.594 e. The van der Waals surface area contributed by atoms with E-state index in [0.717, 1.165) is 29.1 Å². The van der Waals surface area contributed by atoms with Crippen molar-refractivity contribution < 1.29 is 4.85 Å². The Kier molecular flexibility index (Phi) is 3.09. The van der Waals surface area contributed by atoms with Crippen molar-refractivity contribution in [3.05, 3.63) is 34.3 Å². The lowest BCUT2D eigenvalue weighted by molar-refractivity contribution is -0.644. The smallest absolute Gasteiger partial charge is 0.270 e. The maximum atomic E-state index is 11.9. The summed E-state index contributed by atoms with van der Waals surface area (Å²) in [6.07, 6.45) is 5.39. The Labute approximate surface area is 113 Å². The van der Waals surface area contributed by atoms with Crippen molar-refractivity contribution in [1.29, 1.82) is 0 Å². The van der Waals surface area contributed by atoms with Crippen molar-refractivity contribution in [2.45, 2.75) is 46.0 Å². The van der Waals surface area contributed by atoms with Crippen molar-refractivity contribution in [3.8, 4) is 0 Å². The average Bonchev–Trinajstić information content (AvgIpc) is 2.78. The molecule has 0 spiro atoms. The second kappa shape index (κ2) is 4.76. The van der Waals surface area contributed by atoms with E-state index in [-0.39, 0.29) is 0 Å². The molecule has 1 aromatic carbocycles. The molecule has 4 heteroatoms. The first-order valence-corrected chi connectivity index (χ1v) is 7.13. The molecule has 1 aromatic heterocycles. The molecule has 2 aromatic rings. The van der Waals surface area contributed by atoms with E-state index in [9.17, 15) is 5.21 Å². The van der Waals surface area contributed by atoms with E-state index in [1.54, 1.807) is 0 Å². The Morgan fingerprint density at radius 2 is 2.00 bits per heavy atom. The number of fused-ring (bicyclic) bond motifs is 2. The number of hydrogen-bond donors (Lipinski definition) is 0. The van der Waals surface area contributed by atoms with Crippen LogP contribution in [0.1, 0.15) is 43.6 Å². The van der Waals surface area contributed by atoms with E-state index in [1.807, 2.05) is 13.0 Å². The zero-order chi connectivity index (χ0) is 13.4. The van der Waals surface area contributed by atoms with Crippen LogP contribution >= 0.6 is 0 Å². The first-order valence-electron chi connectivity index (χ1n) is 7.13. The highest BCUT2D eigenvalue weighted by Crippen LogP contribution is 2.31. The monoisotopic (exact) mass is 257 g/mol. The minimum absolute atomic E-state index is 0.605. The summed E-state index contributed by atoms with van der Waals surface area (Å²) in [7, 11) is 0. The highest BCUT2D eigenvalue weighted by molar-refractivity contribution is 5.73. The minimum atomic E-state index is 0.605. The van der Waals surface area contributed by atoms with E-state index in [1.165, 1.54) is 24.0 Å². The molecule has 1 aliphatic rings. The van der Waals surface area contributed by atoms with Crippen LogP contribution in [0.25, 0.3) is 11.0 Å². The van der Waals surface area contributed by atoms with Crippen LogP contribution in [0.3, 0.4) is 0 Å². The number of benzene rings is 1. The lowest BCUT2D eigenvalue weighted by Crippen LogP contribution is -2.34. The summed E-state index contributed by atoms with van der Waals surface area (Å²) in [6, 6.07) is 4.09. The molecule has 1 atom stereocenters. The van der Waals surface area contributed by atoms with E-state index in [2.05, 4.69) is 23.1 Å². The quantitative estimate of drug-likeness (QED) is 0.626. The van der Waals surface area contributed by atoms with E-state index in [0.29, 0.717) is 17.8 Å². The number of hydrogen-bond acceptors (Lipinski definition) is 3. The van der Waals surface area contributed by atoms with Gasteiger partial charge in [-0.2, -0.15) is 0 Å². The molecule has 0 saturated heterocycles. The van der Waals surface area contributed by atoms with E-state index >= 15 is 0 Å². The predicted octanol–water partition coefficient (Wildman–Crippen LogP) is 2.34. The van der Waals surface area contributed by atoms with Crippen LogP contribution in [0.5, 0.6) is 0 Å². The van der Waals surface area contributed by atoms with Gasteiger partial charge in [0.05, 0.1) is 0 Å². The average molecular weight is 257 g/mol. The highest BCUT2D eigenvalue weighted by atomic mass is 16.5. The zero-order valence-corrected chi connectivity index (χ0v) is 11.5. The molecule has 4 nitrogen and oxygen atoms in total. The molecule has 1 heterocycles. The Hall–Kier alpha value is -1.71. The molecule has 0 aliphatic heterocycles. The molecule has 19 heavy (non-hydrogen) atoms. The maximum Gasteiger partial charge on any atom is 0.270 e. The van der Waals surface area contributed by atoms with Crippen LogP contribution in [-0.2, 0) is 19.3 Å². The number of aromatic nitrogens is 3. The fourth-order valence-corrected chi connectivity index (χ4v) is 3.06. The standard InChI is InChI=1S/C15H19N3O/c1-3-5-10-6-11-8-13-14(9-12(11)7-10)18(19)17-15(4-2)16-13/h8-10H,3-7H2,1-2H3. The molecule has 0 N–H and O–H groups in total. The second-order valence-electron chi connectivity index (χ2n) is 5.43. The van der Waals surface area contributed by atoms with Gasteiger partial charge in [0, 0.05) is 17.6 Å². The summed E-state index contributed by atoms with van der Waals surface area (Å²) < 4.78 is 0. The highest BCUT2D eigenvalue weighted by Gasteiger charge is 2.23. The van der Waals surface area contributed by atoms with Crippen molar-refractivity contribution in [1.82, 2.24) is 10.1 Å². The molecule has 1 unspecified atom stereocenters.